The fourth-order valence-electron chi connectivity index (χ4n) is 3.85. The quantitative estimate of drug-likeness (QED) is 0.476. The van der Waals surface area contributed by atoms with Crippen LogP contribution in [0.15, 0.2) is 67.3 Å². The summed E-state index contributed by atoms with van der Waals surface area (Å²) in [6.07, 6.45) is 7.48. The smallest absolute Gasteiger partial charge is 0.187 e. The third-order valence-corrected chi connectivity index (χ3v) is 6.61. The zero-order valence-corrected chi connectivity index (χ0v) is 18.6. The molecule has 1 aliphatic heterocycles. The number of benzene rings is 2. The van der Waals surface area contributed by atoms with Crippen LogP contribution in [0, 0.1) is 13.8 Å². The summed E-state index contributed by atoms with van der Waals surface area (Å²) in [4.78, 5) is 4.18. The Morgan fingerprint density at radius 2 is 1.97 bits per heavy atom. The lowest BCUT2D eigenvalue weighted by Gasteiger charge is -2.28. The van der Waals surface area contributed by atoms with Crippen LogP contribution in [0.25, 0.3) is 0 Å². The maximum absolute atomic E-state index is 6.54. The van der Waals surface area contributed by atoms with Crippen molar-refractivity contribution in [1.29, 1.82) is 0 Å². The Bertz CT molecular complexity index is 927. The van der Waals surface area contributed by atoms with Gasteiger partial charge in [-0.3, -0.25) is 0 Å². The lowest BCUT2D eigenvalue weighted by molar-refractivity contribution is -0.180. The van der Waals surface area contributed by atoms with Crippen molar-refractivity contribution < 1.29 is 9.47 Å². The molecular formula is C25H30N2O2S. The fraction of sp³-hybridized carbons (Fsp3) is 0.400. The summed E-state index contributed by atoms with van der Waals surface area (Å²) in [5.74, 6) is 1.34. The van der Waals surface area contributed by atoms with Crippen molar-refractivity contribution in [2.45, 2.75) is 50.9 Å². The molecule has 0 radical (unpaired) electrons. The second-order valence-electron chi connectivity index (χ2n) is 8.19. The van der Waals surface area contributed by atoms with Gasteiger partial charge in [0.25, 0.3) is 0 Å². The van der Waals surface area contributed by atoms with Crippen LogP contribution in [0.3, 0.4) is 0 Å². The predicted octanol–water partition coefficient (Wildman–Crippen LogP) is 5.18. The number of aromatic nitrogens is 2. The van der Waals surface area contributed by atoms with Crippen molar-refractivity contribution in [3.05, 3.63) is 89.5 Å². The molecule has 1 aliphatic rings. The molecule has 4 rings (SSSR count). The third-order valence-electron chi connectivity index (χ3n) is 5.47. The first-order valence-corrected chi connectivity index (χ1v) is 11.7. The van der Waals surface area contributed by atoms with Gasteiger partial charge in [0, 0.05) is 30.3 Å². The SMILES string of the molecule is Cc1ccc(CCC2(Cn3ccnc3)OCC(CSCc3cccc(C)c3)O2)cc1. The molecular weight excluding hydrogens is 392 g/mol. The molecule has 2 heterocycles. The number of imidazole rings is 1. The molecule has 0 saturated carbocycles. The molecule has 2 unspecified atom stereocenters. The molecule has 0 amide bonds. The van der Waals surface area contributed by atoms with E-state index in [1.165, 1.54) is 22.3 Å². The van der Waals surface area contributed by atoms with E-state index in [4.69, 9.17) is 9.47 Å². The summed E-state index contributed by atoms with van der Waals surface area (Å²) in [5, 5.41) is 0. The molecule has 0 N–H and O–H groups in total. The van der Waals surface area contributed by atoms with Gasteiger partial charge in [-0.15, -0.1) is 0 Å². The van der Waals surface area contributed by atoms with E-state index in [0.717, 1.165) is 24.3 Å². The van der Waals surface area contributed by atoms with Gasteiger partial charge >= 0.3 is 0 Å². The number of ether oxygens (including phenoxy) is 2. The van der Waals surface area contributed by atoms with Crippen LogP contribution in [0.1, 0.15) is 28.7 Å². The van der Waals surface area contributed by atoms with E-state index in [2.05, 4.69) is 71.9 Å². The molecule has 1 fully saturated rings. The average Bonchev–Trinajstić information content (AvgIpc) is 3.39. The molecule has 0 spiro atoms. The van der Waals surface area contributed by atoms with Crippen LogP contribution in [-0.2, 0) is 28.2 Å². The maximum atomic E-state index is 6.54. The molecule has 4 nitrogen and oxygen atoms in total. The van der Waals surface area contributed by atoms with Gasteiger partial charge in [0.15, 0.2) is 5.79 Å². The number of aryl methyl sites for hydroxylation is 3. The van der Waals surface area contributed by atoms with Gasteiger partial charge in [0.1, 0.15) is 0 Å². The van der Waals surface area contributed by atoms with E-state index >= 15 is 0 Å². The highest BCUT2D eigenvalue weighted by Crippen LogP contribution is 2.32. The molecule has 3 aromatic rings. The van der Waals surface area contributed by atoms with Crippen LogP contribution in [0.4, 0.5) is 0 Å². The van der Waals surface area contributed by atoms with Gasteiger partial charge in [-0.25, -0.2) is 4.98 Å². The average molecular weight is 423 g/mol. The zero-order valence-electron chi connectivity index (χ0n) is 17.8. The molecule has 158 valence electrons. The summed E-state index contributed by atoms with van der Waals surface area (Å²) in [6, 6.07) is 17.4. The number of hydrogen-bond acceptors (Lipinski definition) is 4. The van der Waals surface area contributed by atoms with Gasteiger partial charge in [0.2, 0.25) is 0 Å². The topological polar surface area (TPSA) is 36.3 Å². The summed E-state index contributed by atoms with van der Waals surface area (Å²) in [5.41, 5.74) is 5.27. The Kier molecular flexibility index (Phi) is 6.93. The van der Waals surface area contributed by atoms with Gasteiger partial charge in [-0.1, -0.05) is 59.7 Å². The largest absolute Gasteiger partial charge is 0.345 e. The second-order valence-corrected chi connectivity index (χ2v) is 9.22. The second kappa shape index (κ2) is 9.82. The molecule has 30 heavy (non-hydrogen) atoms. The van der Waals surface area contributed by atoms with E-state index in [9.17, 15) is 0 Å². The van der Waals surface area contributed by atoms with E-state index in [1.807, 2.05) is 24.3 Å². The minimum Gasteiger partial charge on any atom is -0.345 e. The summed E-state index contributed by atoms with van der Waals surface area (Å²) < 4.78 is 14.9. The minimum absolute atomic E-state index is 0.112. The van der Waals surface area contributed by atoms with Crippen LogP contribution < -0.4 is 0 Å². The number of rotatable bonds is 9. The van der Waals surface area contributed by atoms with Crippen molar-refractivity contribution in [3.8, 4) is 0 Å². The molecule has 5 heteroatoms. The van der Waals surface area contributed by atoms with Crippen molar-refractivity contribution in [1.82, 2.24) is 9.55 Å². The third kappa shape index (κ3) is 5.75. The van der Waals surface area contributed by atoms with Gasteiger partial charge in [0.05, 0.1) is 25.6 Å². The van der Waals surface area contributed by atoms with E-state index < -0.39 is 5.79 Å². The summed E-state index contributed by atoms with van der Waals surface area (Å²) >= 11 is 1.91. The molecule has 0 aliphatic carbocycles. The standard InChI is InChI=1S/C25H30N2O2S/c1-20-6-8-22(9-7-20)10-11-25(18-27-13-12-26-19-27)28-15-24(29-25)17-30-16-23-5-3-4-21(2)14-23/h3-9,12-14,19,24H,10-11,15-18H2,1-2H3. The highest BCUT2D eigenvalue weighted by Gasteiger charge is 2.41. The monoisotopic (exact) mass is 422 g/mol. The molecule has 1 saturated heterocycles. The number of nitrogens with zero attached hydrogens (tertiary/aromatic N) is 2. The highest BCUT2D eigenvalue weighted by molar-refractivity contribution is 7.98. The molecule has 2 aromatic carbocycles. The Morgan fingerprint density at radius 3 is 2.73 bits per heavy atom. The minimum atomic E-state index is -0.597. The molecule has 1 aromatic heterocycles. The van der Waals surface area contributed by atoms with E-state index in [-0.39, 0.29) is 6.10 Å². The lowest BCUT2D eigenvalue weighted by Crippen LogP contribution is -2.37. The number of hydrogen-bond donors (Lipinski definition) is 0. The van der Waals surface area contributed by atoms with Crippen LogP contribution in [0.2, 0.25) is 0 Å². The lowest BCUT2D eigenvalue weighted by atomic mass is 10.0. The zero-order chi connectivity index (χ0) is 20.8. The first kappa shape index (κ1) is 21.2. The van der Waals surface area contributed by atoms with Crippen LogP contribution in [-0.4, -0.2) is 33.8 Å². The molecule has 2 atom stereocenters. The van der Waals surface area contributed by atoms with Crippen molar-refractivity contribution in [3.63, 3.8) is 0 Å². The first-order valence-electron chi connectivity index (χ1n) is 10.6. The maximum Gasteiger partial charge on any atom is 0.187 e. The molecule has 0 bridgehead atoms. The predicted molar refractivity (Wildman–Crippen MR) is 123 cm³/mol. The Hall–Kier alpha value is -2.08. The van der Waals surface area contributed by atoms with Gasteiger partial charge in [-0.2, -0.15) is 11.8 Å². The Balaban J connectivity index is 1.35. The Morgan fingerprint density at radius 1 is 1.10 bits per heavy atom. The van der Waals surface area contributed by atoms with Crippen molar-refractivity contribution in [2.75, 3.05) is 12.4 Å². The van der Waals surface area contributed by atoms with Gasteiger partial charge in [-0.05, 0) is 31.4 Å². The van der Waals surface area contributed by atoms with Crippen LogP contribution in [0.5, 0.6) is 0 Å². The number of thioether (sulfide) groups is 1. The van der Waals surface area contributed by atoms with E-state index in [1.54, 1.807) is 6.20 Å². The van der Waals surface area contributed by atoms with Crippen molar-refractivity contribution >= 4 is 11.8 Å². The fourth-order valence-corrected chi connectivity index (χ4v) is 4.81. The normalized spacial score (nSPS) is 21.2. The highest BCUT2D eigenvalue weighted by atomic mass is 32.2. The first-order chi connectivity index (χ1) is 14.6. The Labute approximate surface area is 183 Å². The summed E-state index contributed by atoms with van der Waals surface area (Å²) in [7, 11) is 0. The van der Waals surface area contributed by atoms with E-state index in [0.29, 0.717) is 13.2 Å². The van der Waals surface area contributed by atoms with Crippen molar-refractivity contribution in [2.24, 2.45) is 0 Å². The summed E-state index contributed by atoms with van der Waals surface area (Å²) in [6.45, 7) is 5.56. The van der Waals surface area contributed by atoms with Gasteiger partial charge < -0.3 is 14.0 Å². The van der Waals surface area contributed by atoms with Crippen LogP contribution >= 0.6 is 11.8 Å².